The number of rotatable bonds is 8. The molecule has 0 bridgehead atoms. The van der Waals surface area contributed by atoms with E-state index in [4.69, 9.17) is 0 Å². The van der Waals surface area contributed by atoms with Gasteiger partial charge in [0.05, 0.1) is 18.4 Å². The molecule has 6 nitrogen and oxygen atoms in total. The second-order valence-corrected chi connectivity index (χ2v) is 6.61. The molecule has 148 valence electrons. The number of hydrogen-bond acceptors (Lipinski definition) is 3. The zero-order chi connectivity index (χ0) is 20.7. The number of aryl methyl sites for hydroxylation is 1. The Bertz CT molecular complexity index is 834. The number of carbonyl (C=O) groups is 3. The molecular weight excluding hydrogens is 363 g/mol. The molecule has 2 aromatic rings. The van der Waals surface area contributed by atoms with E-state index in [2.05, 4.69) is 10.6 Å². The first kappa shape index (κ1) is 21.1. The lowest BCUT2D eigenvalue weighted by atomic mass is 9.98. The van der Waals surface area contributed by atoms with Crippen LogP contribution in [0, 0.1) is 12.7 Å². The van der Waals surface area contributed by atoms with Crippen LogP contribution in [0.4, 0.5) is 4.39 Å². The molecule has 0 aromatic heterocycles. The second-order valence-electron chi connectivity index (χ2n) is 6.61. The number of carboxylic acids is 1. The zero-order valence-electron chi connectivity index (χ0n) is 15.7. The summed E-state index contributed by atoms with van der Waals surface area (Å²) in [5.74, 6) is -3.25. The zero-order valence-corrected chi connectivity index (χ0v) is 15.7. The third-order valence-electron chi connectivity index (χ3n) is 4.32. The Kier molecular flexibility index (Phi) is 7.26. The Morgan fingerprint density at radius 3 is 2.11 bits per heavy atom. The predicted octanol–water partition coefficient (Wildman–Crippen LogP) is 2.69. The van der Waals surface area contributed by atoms with E-state index in [-0.39, 0.29) is 18.9 Å². The van der Waals surface area contributed by atoms with Gasteiger partial charge in [-0.15, -0.1) is 0 Å². The van der Waals surface area contributed by atoms with E-state index in [9.17, 15) is 23.9 Å². The Hall–Kier alpha value is -3.22. The highest BCUT2D eigenvalue weighted by atomic mass is 19.1. The molecule has 0 saturated heterocycles. The predicted molar refractivity (Wildman–Crippen MR) is 102 cm³/mol. The van der Waals surface area contributed by atoms with Crippen LogP contribution < -0.4 is 10.6 Å². The SMILES string of the molecule is CC(=O)NC(CC(=O)NCC(C(=O)O)c1ccc(F)cc1)c1ccc(C)cc1. The Labute approximate surface area is 162 Å². The molecule has 0 heterocycles. The van der Waals surface area contributed by atoms with Crippen molar-refractivity contribution in [2.24, 2.45) is 0 Å². The summed E-state index contributed by atoms with van der Waals surface area (Å²) in [5.41, 5.74) is 2.23. The number of amides is 2. The van der Waals surface area contributed by atoms with Crippen LogP contribution in [-0.4, -0.2) is 29.4 Å². The van der Waals surface area contributed by atoms with Gasteiger partial charge >= 0.3 is 5.97 Å². The van der Waals surface area contributed by atoms with Crippen LogP contribution in [0.3, 0.4) is 0 Å². The maximum absolute atomic E-state index is 13.0. The number of nitrogens with one attached hydrogen (secondary N) is 2. The van der Waals surface area contributed by atoms with Crippen molar-refractivity contribution < 1.29 is 23.9 Å². The highest BCUT2D eigenvalue weighted by molar-refractivity contribution is 5.81. The standard InChI is InChI=1S/C21H23FN2O4/c1-13-3-5-16(6-4-13)19(24-14(2)25)11-20(26)23-12-18(21(27)28)15-7-9-17(22)10-8-15/h3-10,18-19H,11-12H2,1-2H3,(H,23,26)(H,24,25)(H,27,28). The largest absolute Gasteiger partial charge is 0.481 e. The van der Waals surface area contributed by atoms with Crippen LogP contribution in [0.5, 0.6) is 0 Å². The van der Waals surface area contributed by atoms with Crippen molar-refractivity contribution in [2.45, 2.75) is 32.2 Å². The monoisotopic (exact) mass is 386 g/mol. The fourth-order valence-corrected chi connectivity index (χ4v) is 2.81. The van der Waals surface area contributed by atoms with E-state index in [1.165, 1.54) is 31.2 Å². The lowest BCUT2D eigenvalue weighted by molar-refractivity contribution is -0.138. The van der Waals surface area contributed by atoms with Gasteiger partial charge in [0.1, 0.15) is 5.82 Å². The molecule has 2 amide bonds. The summed E-state index contributed by atoms with van der Waals surface area (Å²) in [6.07, 6.45) is -0.0294. The molecule has 0 aliphatic heterocycles. The van der Waals surface area contributed by atoms with Gasteiger partial charge in [0.15, 0.2) is 0 Å². The van der Waals surface area contributed by atoms with Gasteiger partial charge in [-0.25, -0.2) is 4.39 Å². The summed E-state index contributed by atoms with van der Waals surface area (Å²) in [7, 11) is 0. The van der Waals surface area contributed by atoms with Gasteiger partial charge in [-0.3, -0.25) is 14.4 Å². The third-order valence-corrected chi connectivity index (χ3v) is 4.32. The average Bonchev–Trinajstić information content (AvgIpc) is 2.63. The first-order valence-electron chi connectivity index (χ1n) is 8.85. The van der Waals surface area contributed by atoms with Gasteiger partial charge < -0.3 is 15.7 Å². The van der Waals surface area contributed by atoms with Crippen molar-refractivity contribution in [1.82, 2.24) is 10.6 Å². The van der Waals surface area contributed by atoms with Crippen molar-refractivity contribution in [3.05, 3.63) is 71.0 Å². The summed E-state index contributed by atoms with van der Waals surface area (Å²) in [6, 6.07) is 12.0. The molecule has 0 radical (unpaired) electrons. The lowest BCUT2D eigenvalue weighted by Crippen LogP contribution is -2.35. The molecule has 0 spiro atoms. The minimum absolute atomic E-state index is 0.0294. The van der Waals surface area contributed by atoms with Gasteiger partial charge in [-0.05, 0) is 30.2 Å². The van der Waals surface area contributed by atoms with Crippen molar-refractivity contribution in [1.29, 1.82) is 0 Å². The number of hydrogen-bond donors (Lipinski definition) is 3. The quantitative estimate of drug-likeness (QED) is 0.650. The minimum Gasteiger partial charge on any atom is -0.481 e. The van der Waals surface area contributed by atoms with E-state index in [1.54, 1.807) is 0 Å². The molecule has 3 N–H and O–H groups in total. The maximum Gasteiger partial charge on any atom is 0.312 e. The average molecular weight is 386 g/mol. The molecule has 0 aliphatic rings. The highest BCUT2D eigenvalue weighted by Gasteiger charge is 2.22. The first-order chi connectivity index (χ1) is 13.3. The summed E-state index contributed by atoms with van der Waals surface area (Å²) in [5, 5.41) is 14.7. The number of benzene rings is 2. The normalized spacial score (nSPS) is 12.7. The molecule has 2 unspecified atom stereocenters. The molecule has 28 heavy (non-hydrogen) atoms. The first-order valence-corrected chi connectivity index (χ1v) is 8.85. The van der Waals surface area contributed by atoms with Crippen molar-refractivity contribution in [3.8, 4) is 0 Å². The molecule has 0 fully saturated rings. The van der Waals surface area contributed by atoms with Crippen LogP contribution >= 0.6 is 0 Å². The minimum atomic E-state index is -1.12. The second kappa shape index (κ2) is 9.64. The number of carboxylic acid groups (broad SMARTS) is 1. The maximum atomic E-state index is 13.0. The van der Waals surface area contributed by atoms with E-state index in [0.717, 1.165) is 11.1 Å². The van der Waals surface area contributed by atoms with Gasteiger partial charge in [0.25, 0.3) is 0 Å². The highest BCUT2D eigenvalue weighted by Crippen LogP contribution is 2.19. The Morgan fingerprint density at radius 1 is 1.00 bits per heavy atom. The van der Waals surface area contributed by atoms with Crippen molar-refractivity contribution in [2.75, 3.05) is 6.54 Å². The van der Waals surface area contributed by atoms with Crippen LogP contribution in [0.2, 0.25) is 0 Å². The topological polar surface area (TPSA) is 95.5 Å². The Balaban J connectivity index is 2.04. The van der Waals surface area contributed by atoms with Gasteiger partial charge in [-0.2, -0.15) is 0 Å². The van der Waals surface area contributed by atoms with Crippen LogP contribution in [0.25, 0.3) is 0 Å². The number of halogens is 1. The van der Waals surface area contributed by atoms with E-state index >= 15 is 0 Å². The molecule has 2 atom stereocenters. The van der Waals surface area contributed by atoms with Crippen molar-refractivity contribution >= 4 is 17.8 Å². The fraction of sp³-hybridized carbons (Fsp3) is 0.286. The molecular formula is C21H23FN2O4. The molecule has 0 saturated carbocycles. The summed E-state index contributed by atoms with van der Waals surface area (Å²) >= 11 is 0. The van der Waals surface area contributed by atoms with Crippen LogP contribution in [0.1, 0.15) is 42.0 Å². The summed E-state index contributed by atoms with van der Waals surface area (Å²) in [4.78, 5) is 35.4. The smallest absolute Gasteiger partial charge is 0.312 e. The molecule has 7 heteroatoms. The van der Waals surface area contributed by atoms with Crippen molar-refractivity contribution in [3.63, 3.8) is 0 Å². The van der Waals surface area contributed by atoms with E-state index in [0.29, 0.717) is 5.56 Å². The summed E-state index contributed by atoms with van der Waals surface area (Å²) in [6.45, 7) is 3.17. The number of aliphatic carboxylic acids is 1. The third kappa shape index (κ3) is 6.19. The number of carbonyl (C=O) groups excluding carboxylic acids is 2. The van der Waals surface area contributed by atoms with Gasteiger partial charge in [0, 0.05) is 13.5 Å². The summed E-state index contributed by atoms with van der Waals surface area (Å²) < 4.78 is 13.0. The molecule has 2 aromatic carbocycles. The fourth-order valence-electron chi connectivity index (χ4n) is 2.81. The van der Waals surface area contributed by atoms with Gasteiger partial charge in [0.2, 0.25) is 11.8 Å². The van der Waals surface area contributed by atoms with Gasteiger partial charge in [-0.1, -0.05) is 42.0 Å². The molecule has 2 rings (SSSR count). The molecule has 0 aliphatic carbocycles. The van der Waals surface area contributed by atoms with E-state index in [1.807, 2.05) is 31.2 Å². The Morgan fingerprint density at radius 2 is 1.57 bits per heavy atom. The van der Waals surface area contributed by atoms with Crippen LogP contribution in [-0.2, 0) is 14.4 Å². The van der Waals surface area contributed by atoms with E-state index < -0.39 is 29.7 Å². The lowest BCUT2D eigenvalue weighted by Gasteiger charge is -2.19. The van der Waals surface area contributed by atoms with Crippen LogP contribution in [0.15, 0.2) is 48.5 Å².